The van der Waals surface area contributed by atoms with Gasteiger partial charge in [-0.2, -0.15) is 10.2 Å². The smallest absolute Gasteiger partial charge is 0.356 e. The van der Waals surface area contributed by atoms with E-state index in [1.807, 2.05) is 17.2 Å². The number of hydrogen-bond acceptors (Lipinski definition) is 5. The van der Waals surface area contributed by atoms with Gasteiger partial charge >= 0.3 is 5.97 Å². The molecule has 5 rings (SSSR count). The topological polar surface area (TPSA) is 113 Å². The molecule has 0 atom stereocenters. The third-order valence-corrected chi connectivity index (χ3v) is 6.99. The van der Waals surface area contributed by atoms with Crippen LogP contribution in [0, 0.1) is 0 Å². The third kappa shape index (κ3) is 4.04. The molecule has 0 bridgehead atoms. The number of carboxylic acids is 1. The second-order valence-electron chi connectivity index (χ2n) is 9.11. The van der Waals surface area contributed by atoms with Gasteiger partial charge in [-0.15, -0.1) is 0 Å². The first-order valence-corrected chi connectivity index (χ1v) is 11.8. The maximum Gasteiger partial charge on any atom is 0.356 e. The van der Waals surface area contributed by atoms with Gasteiger partial charge in [-0.05, 0) is 55.7 Å². The highest BCUT2D eigenvalue weighted by atomic mass is 16.4. The molecular formula is C24H28N6O4. The Morgan fingerprint density at radius 3 is 2.35 bits per heavy atom. The van der Waals surface area contributed by atoms with E-state index in [4.69, 9.17) is 5.11 Å². The predicted octanol–water partition coefficient (Wildman–Crippen LogP) is 2.41. The van der Waals surface area contributed by atoms with Crippen molar-refractivity contribution in [2.24, 2.45) is 7.05 Å². The third-order valence-electron chi connectivity index (χ3n) is 6.99. The zero-order valence-corrected chi connectivity index (χ0v) is 19.2. The Balaban J connectivity index is 1.29. The van der Waals surface area contributed by atoms with Crippen LogP contribution in [-0.4, -0.2) is 78.3 Å². The van der Waals surface area contributed by atoms with Crippen LogP contribution in [0.3, 0.4) is 0 Å². The van der Waals surface area contributed by atoms with E-state index >= 15 is 0 Å². The van der Waals surface area contributed by atoms with Crippen LogP contribution in [0.4, 0.5) is 0 Å². The molecule has 3 aromatic rings. The molecule has 2 fully saturated rings. The number of carbonyl (C=O) groups is 3. The molecule has 0 radical (unpaired) electrons. The SMILES string of the molecule is Cn1nc(C(=O)O)cc1C(=O)N1CCC(c2ccn3ncc(C(=O)N4CCCCC4)c3c2)CC1. The highest BCUT2D eigenvalue weighted by molar-refractivity contribution is 6.00. The lowest BCUT2D eigenvalue weighted by Gasteiger charge is -2.32. The summed E-state index contributed by atoms with van der Waals surface area (Å²) in [5.41, 5.74) is 2.74. The van der Waals surface area contributed by atoms with Crippen molar-refractivity contribution in [3.05, 3.63) is 53.1 Å². The Kier molecular flexibility index (Phi) is 5.80. The van der Waals surface area contributed by atoms with Crippen LogP contribution >= 0.6 is 0 Å². The molecule has 2 aliphatic heterocycles. The molecule has 178 valence electrons. The molecule has 0 spiro atoms. The van der Waals surface area contributed by atoms with Gasteiger partial charge in [-0.3, -0.25) is 14.3 Å². The van der Waals surface area contributed by atoms with Crippen LogP contribution in [0.25, 0.3) is 5.52 Å². The molecule has 2 saturated heterocycles. The lowest BCUT2D eigenvalue weighted by molar-refractivity contribution is 0.0685. The number of hydrogen-bond donors (Lipinski definition) is 1. The van der Waals surface area contributed by atoms with Crippen LogP contribution in [0.15, 0.2) is 30.6 Å². The molecule has 2 amide bonds. The van der Waals surface area contributed by atoms with E-state index < -0.39 is 5.97 Å². The van der Waals surface area contributed by atoms with E-state index in [0.29, 0.717) is 18.7 Å². The molecule has 10 nitrogen and oxygen atoms in total. The molecule has 10 heteroatoms. The number of rotatable bonds is 4. The second-order valence-corrected chi connectivity index (χ2v) is 9.11. The standard InChI is InChI=1S/C24H28N6O4/c1-27-21(14-19(26-27)24(33)34)23(32)29-10-5-16(6-11-29)17-7-12-30-20(13-17)18(15-25-30)22(31)28-8-3-2-4-9-28/h7,12-16H,2-6,8-11H2,1H3,(H,33,34). The average Bonchev–Trinajstić information content (AvgIpc) is 3.47. The number of carboxylic acid groups (broad SMARTS) is 1. The molecule has 5 heterocycles. The maximum atomic E-state index is 13.1. The van der Waals surface area contributed by atoms with E-state index in [9.17, 15) is 14.4 Å². The van der Waals surface area contributed by atoms with E-state index in [1.165, 1.54) is 17.2 Å². The fraction of sp³-hybridized carbons (Fsp3) is 0.458. The zero-order chi connectivity index (χ0) is 23.8. The van der Waals surface area contributed by atoms with Crippen LogP contribution in [0.1, 0.15) is 74.9 Å². The number of carbonyl (C=O) groups excluding carboxylic acids is 2. The summed E-state index contributed by atoms with van der Waals surface area (Å²) in [4.78, 5) is 40.8. The minimum atomic E-state index is -1.15. The van der Waals surface area contributed by atoms with Crippen LogP contribution in [-0.2, 0) is 7.05 Å². The number of likely N-dealkylation sites (tertiary alicyclic amines) is 2. The van der Waals surface area contributed by atoms with Crippen molar-refractivity contribution in [3.8, 4) is 0 Å². The number of piperidine rings is 2. The molecular weight excluding hydrogens is 436 g/mol. The quantitative estimate of drug-likeness (QED) is 0.634. The Bertz CT molecular complexity index is 1250. The number of pyridine rings is 1. The van der Waals surface area contributed by atoms with Crippen molar-refractivity contribution in [1.82, 2.24) is 29.2 Å². The Labute approximate surface area is 196 Å². The van der Waals surface area contributed by atoms with Gasteiger partial charge in [-0.25, -0.2) is 9.31 Å². The summed E-state index contributed by atoms with van der Waals surface area (Å²) in [6.45, 7) is 2.74. The highest BCUT2D eigenvalue weighted by Gasteiger charge is 2.28. The van der Waals surface area contributed by atoms with Crippen molar-refractivity contribution < 1.29 is 19.5 Å². The Morgan fingerprint density at radius 2 is 1.68 bits per heavy atom. The van der Waals surface area contributed by atoms with Crippen LogP contribution < -0.4 is 0 Å². The van der Waals surface area contributed by atoms with Crippen molar-refractivity contribution >= 4 is 23.3 Å². The predicted molar refractivity (Wildman–Crippen MR) is 123 cm³/mol. The van der Waals surface area contributed by atoms with Gasteiger partial charge in [-0.1, -0.05) is 0 Å². The largest absolute Gasteiger partial charge is 0.476 e. The molecule has 1 N–H and O–H groups in total. The van der Waals surface area contributed by atoms with Crippen molar-refractivity contribution in [2.75, 3.05) is 26.2 Å². The van der Waals surface area contributed by atoms with E-state index in [1.54, 1.807) is 22.7 Å². The van der Waals surface area contributed by atoms with Gasteiger partial charge in [0.25, 0.3) is 11.8 Å². The fourth-order valence-corrected chi connectivity index (χ4v) is 5.03. The first-order valence-electron chi connectivity index (χ1n) is 11.8. The first kappa shape index (κ1) is 22.1. The molecule has 0 saturated carbocycles. The molecule has 34 heavy (non-hydrogen) atoms. The van der Waals surface area contributed by atoms with Gasteiger partial charge in [0.05, 0.1) is 17.3 Å². The number of amides is 2. The number of nitrogens with zero attached hydrogens (tertiary/aromatic N) is 6. The lowest BCUT2D eigenvalue weighted by atomic mass is 9.89. The normalized spacial score (nSPS) is 17.3. The molecule has 2 aliphatic rings. The molecule has 0 aromatic carbocycles. The Morgan fingerprint density at radius 1 is 0.971 bits per heavy atom. The van der Waals surface area contributed by atoms with E-state index in [0.717, 1.165) is 49.9 Å². The fourth-order valence-electron chi connectivity index (χ4n) is 5.03. The summed E-state index contributed by atoms with van der Waals surface area (Å²) < 4.78 is 3.08. The van der Waals surface area contributed by atoms with E-state index in [2.05, 4.69) is 16.3 Å². The number of fused-ring (bicyclic) bond motifs is 1. The first-order chi connectivity index (χ1) is 16.4. The second kappa shape index (κ2) is 8.92. The van der Waals surface area contributed by atoms with E-state index in [-0.39, 0.29) is 29.1 Å². The Hall–Kier alpha value is -3.69. The average molecular weight is 465 g/mol. The molecule has 3 aromatic heterocycles. The summed E-state index contributed by atoms with van der Waals surface area (Å²) in [5.74, 6) is -1.05. The number of aromatic nitrogens is 4. The number of aromatic carboxylic acids is 1. The monoisotopic (exact) mass is 464 g/mol. The van der Waals surface area contributed by atoms with Gasteiger partial charge in [0.2, 0.25) is 0 Å². The molecule has 0 aliphatic carbocycles. The minimum Gasteiger partial charge on any atom is -0.476 e. The van der Waals surface area contributed by atoms with Gasteiger partial charge in [0.1, 0.15) is 5.69 Å². The van der Waals surface area contributed by atoms with Gasteiger partial charge < -0.3 is 14.9 Å². The maximum absolute atomic E-state index is 13.1. The molecule has 0 unspecified atom stereocenters. The van der Waals surface area contributed by atoms with Crippen molar-refractivity contribution in [3.63, 3.8) is 0 Å². The summed E-state index contributed by atoms with van der Waals surface area (Å²) in [6, 6.07) is 5.43. The zero-order valence-electron chi connectivity index (χ0n) is 19.2. The van der Waals surface area contributed by atoms with Crippen LogP contribution in [0.2, 0.25) is 0 Å². The summed E-state index contributed by atoms with van der Waals surface area (Å²) in [7, 11) is 1.58. The minimum absolute atomic E-state index is 0.0455. The van der Waals surface area contributed by atoms with Gasteiger partial charge in [0.15, 0.2) is 5.69 Å². The lowest BCUT2D eigenvalue weighted by Crippen LogP contribution is -2.38. The summed E-state index contributed by atoms with van der Waals surface area (Å²) >= 11 is 0. The van der Waals surface area contributed by atoms with Crippen molar-refractivity contribution in [2.45, 2.75) is 38.0 Å². The van der Waals surface area contributed by atoms with Crippen molar-refractivity contribution in [1.29, 1.82) is 0 Å². The summed E-state index contributed by atoms with van der Waals surface area (Å²) in [5, 5.41) is 17.4. The number of aryl methyl sites for hydroxylation is 1. The van der Waals surface area contributed by atoms with Gasteiger partial charge in [0, 0.05) is 45.5 Å². The highest BCUT2D eigenvalue weighted by Crippen LogP contribution is 2.30. The summed E-state index contributed by atoms with van der Waals surface area (Å²) in [6.07, 6.45) is 8.40. The van der Waals surface area contributed by atoms with Crippen LogP contribution in [0.5, 0.6) is 0 Å².